The fraction of sp³-hybridized carbons (Fsp3) is 0.441. The number of carbonyl (C=O) groups excluding carboxylic acids is 4. The van der Waals surface area contributed by atoms with Gasteiger partial charge in [-0.05, 0) is 43.3 Å². The summed E-state index contributed by atoms with van der Waals surface area (Å²) >= 11 is 0. The largest absolute Gasteiger partial charge is 0.344 e. The first kappa shape index (κ1) is 35.5. The predicted octanol–water partition coefficient (Wildman–Crippen LogP) is 2.64. The molecule has 0 saturated carbocycles. The Hall–Kier alpha value is -4.36. The first-order chi connectivity index (χ1) is 22.4. The number of hydrogen-bond acceptors (Lipinski definition) is 6. The van der Waals surface area contributed by atoms with E-state index in [4.69, 9.17) is 0 Å². The fourth-order valence-electron chi connectivity index (χ4n) is 5.62. The van der Waals surface area contributed by atoms with Crippen LogP contribution in [0.4, 0.5) is 10.1 Å². The van der Waals surface area contributed by atoms with Crippen molar-refractivity contribution in [1.82, 2.24) is 30.2 Å². The number of hydrogen-bond donors (Lipinski definition) is 3. The van der Waals surface area contributed by atoms with Gasteiger partial charge >= 0.3 is 0 Å². The number of benzene rings is 2. The smallest absolute Gasteiger partial charge is 0.270 e. The van der Waals surface area contributed by atoms with Gasteiger partial charge in [0.2, 0.25) is 17.7 Å². The minimum atomic E-state index is -1.18. The second-order valence-electron chi connectivity index (χ2n) is 12.1. The summed E-state index contributed by atoms with van der Waals surface area (Å²) < 4.78 is 17.2. The Morgan fingerprint density at radius 2 is 1.68 bits per heavy atom. The lowest BCUT2D eigenvalue weighted by molar-refractivity contribution is -0.138. The number of carbonyl (C=O) groups is 4. The van der Waals surface area contributed by atoms with Gasteiger partial charge in [0.1, 0.15) is 23.6 Å². The first-order valence-electron chi connectivity index (χ1n) is 15.9. The molecule has 1 aliphatic rings. The summed E-state index contributed by atoms with van der Waals surface area (Å²) in [5, 5.41) is 11.4. The summed E-state index contributed by atoms with van der Waals surface area (Å²) in [6.45, 7) is 10.0. The summed E-state index contributed by atoms with van der Waals surface area (Å²) in [7, 11) is 5.73. The molecule has 0 aliphatic carbocycles. The molecule has 47 heavy (non-hydrogen) atoms. The summed E-state index contributed by atoms with van der Waals surface area (Å²) in [6.07, 6.45) is 1.71. The van der Waals surface area contributed by atoms with Crippen molar-refractivity contribution >= 4 is 39.6 Å². The highest BCUT2D eigenvalue weighted by atomic mass is 28.1. The molecule has 0 bridgehead atoms. The summed E-state index contributed by atoms with van der Waals surface area (Å²) in [6, 6.07) is 12.9. The van der Waals surface area contributed by atoms with E-state index in [1.54, 1.807) is 37.8 Å². The maximum atomic E-state index is 15.7. The molecule has 4 amide bonds. The predicted molar refractivity (Wildman–Crippen MR) is 178 cm³/mol. The Balaban J connectivity index is 1.58. The van der Waals surface area contributed by atoms with E-state index in [2.05, 4.69) is 36.2 Å². The Morgan fingerprint density at radius 1 is 1.00 bits per heavy atom. The van der Waals surface area contributed by atoms with Crippen LogP contribution in [0.5, 0.6) is 0 Å². The molecule has 1 unspecified atom stereocenters. The van der Waals surface area contributed by atoms with Crippen molar-refractivity contribution in [3.8, 4) is 0 Å². The average molecular weight is 661 g/mol. The highest BCUT2D eigenvalue weighted by Crippen LogP contribution is 2.28. The van der Waals surface area contributed by atoms with Gasteiger partial charge in [0.25, 0.3) is 5.91 Å². The lowest BCUT2D eigenvalue weighted by Crippen LogP contribution is -2.56. The molecule has 3 aromatic rings. The van der Waals surface area contributed by atoms with Gasteiger partial charge in [-0.15, -0.1) is 0 Å². The number of nitrogens with one attached hydrogen (secondary N) is 3. The summed E-state index contributed by atoms with van der Waals surface area (Å²) in [5.74, 6) is -2.94. The van der Waals surface area contributed by atoms with Crippen LogP contribution in [0.15, 0.2) is 60.8 Å². The number of rotatable bonds is 12. The van der Waals surface area contributed by atoms with Crippen molar-refractivity contribution in [3.63, 3.8) is 0 Å². The van der Waals surface area contributed by atoms with Crippen LogP contribution in [0.1, 0.15) is 61.6 Å². The van der Waals surface area contributed by atoms with E-state index in [1.807, 2.05) is 44.3 Å². The molecule has 2 heterocycles. The Labute approximate surface area is 278 Å². The van der Waals surface area contributed by atoms with Crippen LogP contribution in [0, 0.1) is 5.82 Å². The van der Waals surface area contributed by atoms with E-state index in [1.165, 1.54) is 23.0 Å². The first-order valence-corrected chi connectivity index (χ1v) is 16.4. The zero-order valence-electron chi connectivity index (χ0n) is 27.5. The fourth-order valence-corrected chi connectivity index (χ4v) is 5.99. The lowest BCUT2D eigenvalue weighted by atomic mass is 9.90. The van der Waals surface area contributed by atoms with Crippen LogP contribution in [-0.2, 0) is 26.0 Å². The molecule has 13 heteroatoms. The van der Waals surface area contributed by atoms with E-state index in [9.17, 15) is 19.2 Å². The van der Waals surface area contributed by atoms with Gasteiger partial charge in [-0.2, -0.15) is 5.10 Å². The maximum absolute atomic E-state index is 15.7. The van der Waals surface area contributed by atoms with Gasteiger partial charge in [-0.1, -0.05) is 57.2 Å². The van der Waals surface area contributed by atoms with Gasteiger partial charge in [0, 0.05) is 66.5 Å². The molecule has 3 radical (unpaired) electrons. The van der Waals surface area contributed by atoms with E-state index in [0.717, 1.165) is 18.7 Å². The molecule has 1 aromatic heterocycles. The standard InChI is InChI=1S/C34H43FN7O4Si/c1-6-28(43)38-29(33(46)41-19-17-40(5)18-20-41)22(3)23-13-14-26(25(35)21-23)37-32(45)30(34(4,47)24-11-9-8-10-12-24)39-31(44)27-15-16-36-42(27)7-2/h8-16,21-22,29-30H,6-7,17-20H2,1-5H3,(H,37,45)(H,38,43)(H,39,44)/t22-,29+,30?,34-/m0/s1. The maximum Gasteiger partial charge on any atom is 0.270 e. The third-order valence-electron chi connectivity index (χ3n) is 8.73. The van der Waals surface area contributed by atoms with E-state index < -0.39 is 40.7 Å². The number of nitrogens with zero attached hydrogens (tertiary/aromatic N) is 4. The van der Waals surface area contributed by atoms with Crippen molar-refractivity contribution in [3.05, 3.63) is 83.4 Å². The van der Waals surface area contributed by atoms with Crippen LogP contribution in [0.3, 0.4) is 0 Å². The second kappa shape index (κ2) is 15.5. The van der Waals surface area contributed by atoms with Crippen molar-refractivity contribution in [1.29, 1.82) is 0 Å². The third kappa shape index (κ3) is 8.33. The van der Waals surface area contributed by atoms with Crippen LogP contribution in [0.25, 0.3) is 0 Å². The van der Waals surface area contributed by atoms with Gasteiger partial charge < -0.3 is 25.8 Å². The Kier molecular flexibility index (Phi) is 11.7. The zero-order chi connectivity index (χ0) is 34.3. The number of anilines is 1. The number of aromatic nitrogens is 2. The van der Waals surface area contributed by atoms with E-state index >= 15 is 4.39 Å². The highest BCUT2D eigenvalue weighted by Gasteiger charge is 2.39. The Bertz CT molecular complexity index is 1570. The van der Waals surface area contributed by atoms with Crippen LogP contribution < -0.4 is 16.0 Å². The van der Waals surface area contributed by atoms with Crippen molar-refractivity contribution in [2.45, 2.75) is 63.7 Å². The number of aryl methyl sites for hydroxylation is 1. The number of halogens is 1. The number of likely N-dealkylation sites (N-methyl/N-ethyl adjacent to an activating group) is 1. The van der Waals surface area contributed by atoms with E-state index in [-0.39, 0.29) is 29.6 Å². The molecule has 249 valence electrons. The molecule has 3 N–H and O–H groups in total. The third-order valence-corrected chi connectivity index (χ3v) is 9.31. The molecule has 1 aliphatic heterocycles. The quantitative estimate of drug-likeness (QED) is 0.257. The van der Waals surface area contributed by atoms with Crippen LogP contribution in [0.2, 0.25) is 0 Å². The number of piperazine rings is 1. The topological polar surface area (TPSA) is 129 Å². The molecular formula is C34H43FN7O4Si. The molecule has 4 rings (SSSR count). The minimum absolute atomic E-state index is 0.0983. The molecule has 1 fully saturated rings. The molecule has 1 saturated heterocycles. The molecule has 2 aromatic carbocycles. The van der Waals surface area contributed by atoms with Crippen molar-refractivity contribution < 1.29 is 23.6 Å². The average Bonchev–Trinajstić information content (AvgIpc) is 3.56. The molecular weight excluding hydrogens is 618 g/mol. The normalized spacial score (nSPS) is 16.8. The summed E-state index contributed by atoms with van der Waals surface area (Å²) in [4.78, 5) is 57.1. The zero-order valence-corrected chi connectivity index (χ0v) is 28.5. The lowest BCUT2D eigenvalue weighted by Gasteiger charge is -2.36. The molecule has 0 spiro atoms. The van der Waals surface area contributed by atoms with Crippen molar-refractivity contribution in [2.75, 3.05) is 38.5 Å². The monoisotopic (exact) mass is 660 g/mol. The molecule has 11 nitrogen and oxygen atoms in total. The van der Waals surface area contributed by atoms with Gasteiger partial charge in [0.05, 0.1) is 5.69 Å². The van der Waals surface area contributed by atoms with Crippen LogP contribution >= 0.6 is 0 Å². The second-order valence-corrected chi connectivity index (χ2v) is 13.1. The Morgan fingerprint density at radius 3 is 2.30 bits per heavy atom. The SMILES string of the molecule is CCC(=O)N[C@@H](C(=O)N1CCN(C)CC1)[C@@H](C)c1ccc(NC(=O)C(NC(=O)c2ccnn2CC)[C@@](C)([Si])c2ccccc2)c(F)c1. The van der Waals surface area contributed by atoms with Gasteiger partial charge in [-0.25, -0.2) is 4.39 Å². The highest BCUT2D eigenvalue weighted by molar-refractivity contribution is 6.20. The number of amides is 4. The van der Waals surface area contributed by atoms with Gasteiger partial charge in [-0.3, -0.25) is 23.9 Å². The van der Waals surface area contributed by atoms with Crippen molar-refractivity contribution in [2.24, 2.45) is 0 Å². The van der Waals surface area contributed by atoms with Crippen LogP contribution in [-0.4, -0.2) is 98.8 Å². The summed E-state index contributed by atoms with van der Waals surface area (Å²) in [5.41, 5.74) is 1.38. The minimum Gasteiger partial charge on any atom is -0.344 e. The van der Waals surface area contributed by atoms with E-state index in [0.29, 0.717) is 25.2 Å². The molecule has 4 atom stereocenters. The van der Waals surface area contributed by atoms with Gasteiger partial charge in [0.15, 0.2) is 0 Å².